The molecule has 1 aromatic heterocycles. The summed E-state index contributed by atoms with van der Waals surface area (Å²) in [6, 6.07) is 3.44. The molecule has 17 heavy (non-hydrogen) atoms. The smallest absolute Gasteiger partial charge is 0.289 e. The van der Waals surface area contributed by atoms with Gasteiger partial charge in [-0.2, -0.15) is 0 Å². The second-order valence-corrected chi connectivity index (χ2v) is 4.95. The first-order valence-electron chi connectivity index (χ1n) is 5.42. The molecule has 0 atom stereocenters. The van der Waals surface area contributed by atoms with Crippen LogP contribution in [0.2, 0.25) is 5.22 Å². The van der Waals surface area contributed by atoms with E-state index in [1.807, 2.05) is 0 Å². The van der Waals surface area contributed by atoms with Gasteiger partial charge in [-0.15, -0.1) is 0 Å². The Bertz CT molecular complexity index is 442. The van der Waals surface area contributed by atoms with Crippen molar-refractivity contribution in [2.45, 2.75) is 25.3 Å². The fourth-order valence-corrected chi connectivity index (χ4v) is 1.87. The van der Waals surface area contributed by atoms with E-state index < -0.39 is 0 Å². The zero-order valence-corrected chi connectivity index (χ0v) is 10.8. The van der Waals surface area contributed by atoms with Crippen LogP contribution in [0.5, 0.6) is 0 Å². The van der Waals surface area contributed by atoms with Crippen LogP contribution < -0.4 is 5.73 Å². The van der Waals surface area contributed by atoms with Gasteiger partial charge in [0, 0.05) is 19.0 Å². The van der Waals surface area contributed by atoms with Gasteiger partial charge >= 0.3 is 0 Å². The molecular formula is C11H13ClN2O2S. The summed E-state index contributed by atoms with van der Waals surface area (Å²) in [6.07, 6.45) is 2.58. The summed E-state index contributed by atoms with van der Waals surface area (Å²) in [7, 11) is 0. The molecular weight excluding hydrogens is 260 g/mol. The first kappa shape index (κ1) is 12.4. The number of halogens is 1. The van der Waals surface area contributed by atoms with Gasteiger partial charge in [0.1, 0.15) is 0 Å². The maximum Gasteiger partial charge on any atom is 0.289 e. The third-order valence-electron chi connectivity index (χ3n) is 2.63. The number of amides is 1. The topological polar surface area (TPSA) is 59.5 Å². The average Bonchev–Trinajstić information content (AvgIpc) is 3.00. The molecule has 0 bridgehead atoms. The van der Waals surface area contributed by atoms with Crippen LogP contribution in [0.15, 0.2) is 16.5 Å². The van der Waals surface area contributed by atoms with Gasteiger partial charge < -0.3 is 15.1 Å². The maximum atomic E-state index is 12.1. The summed E-state index contributed by atoms with van der Waals surface area (Å²) in [6.45, 7) is 0.539. The minimum absolute atomic E-state index is 0.143. The summed E-state index contributed by atoms with van der Waals surface area (Å²) in [5.74, 6) is 0.125. The lowest BCUT2D eigenvalue weighted by Gasteiger charge is -2.20. The molecule has 1 saturated carbocycles. The van der Waals surface area contributed by atoms with E-state index in [2.05, 4.69) is 0 Å². The minimum Gasteiger partial charge on any atom is -0.440 e. The Hall–Kier alpha value is -1.07. The van der Waals surface area contributed by atoms with Gasteiger partial charge in [-0.05, 0) is 36.6 Å². The summed E-state index contributed by atoms with van der Waals surface area (Å²) in [4.78, 5) is 14.3. The van der Waals surface area contributed by atoms with Crippen LogP contribution in [-0.2, 0) is 0 Å². The van der Waals surface area contributed by atoms with E-state index in [-0.39, 0.29) is 16.9 Å². The lowest BCUT2D eigenvalue weighted by Crippen LogP contribution is -2.35. The predicted molar refractivity (Wildman–Crippen MR) is 69.2 cm³/mol. The van der Waals surface area contributed by atoms with E-state index in [4.69, 9.17) is 34.0 Å². The first-order valence-corrected chi connectivity index (χ1v) is 6.21. The molecule has 0 unspecified atom stereocenters. The van der Waals surface area contributed by atoms with Crippen molar-refractivity contribution in [3.63, 3.8) is 0 Å². The van der Waals surface area contributed by atoms with Crippen molar-refractivity contribution >= 4 is 34.7 Å². The van der Waals surface area contributed by atoms with Crippen LogP contribution in [0.3, 0.4) is 0 Å². The highest BCUT2D eigenvalue weighted by molar-refractivity contribution is 7.80. The molecule has 0 aliphatic heterocycles. The summed E-state index contributed by atoms with van der Waals surface area (Å²) in [5.41, 5.74) is 5.45. The zero-order valence-electron chi connectivity index (χ0n) is 9.19. The van der Waals surface area contributed by atoms with Gasteiger partial charge in [0.05, 0.1) is 4.99 Å². The Labute approximate surface area is 110 Å². The molecule has 0 spiro atoms. The number of hydrogen-bond donors (Lipinski definition) is 1. The van der Waals surface area contributed by atoms with Crippen molar-refractivity contribution in [2.24, 2.45) is 5.73 Å². The number of furan rings is 1. The highest BCUT2D eigenvalue weighted by Crippen LogP contribution is 2.29. The number of carbonyl (C=O) groups excluding carboxylic acids is 1. The maximum absolute atomic E-state index is 12.1. The summed E-state index contributed by atoms with van der Waals surface area (Å²) < 4.78 is 5.12. The van der Waals surface area contributed by atoms with Gasteiger partial charge in [-0.1, -0.05) is 12.2 Å². The molecule has 2 N–H and O–H groups in total. The van der Waals surface area contributed by atoms with Crippen molar-refractivity contribution in [3.8, 4) is 0 Å². The van der Waals surface area contributed by atoms with E-state index >= 15 is 0 Å². The Morgan fingerprint density at radius 3 is 2.76 bits per heavy atom. The standard InChI is InChI=1S/C11H13ClN2O2S/c12-9-4-3-8(16-9)11(15)14(7-1-2-7)6-5-10(13)17/h3-4,7H,1-2,5-6H2,(H2,13,17). The van der Waals surface area contributed by atoms with Gasteiger partial charge in [0.2, 0.25) is 0 Å². The summed E-state index contributed by atoms with van der Waals surface area (Å²) in [5, 5.41) is 0.221. The molecule has 0 saturated heterocycles. The molecule has 1 aromatic rings. The van der Waals surface area contributed by atoms with Crippen LogP contribution in [0.25, 0.3) is 0 Å². The molecule has 1 fully saturated rings. The Morgan fingerprint density at radius 1 is 1.59 bits per heavy atom. The molecule has 6 heteroatoms. The predicted octanol–water partition coefficient (Wildman–Crippen LogP) is 2.21. The van der Waals surface area contributed by atoms with Crippen LogP contribution in [-0.4, -0.2) is 28.4 Å². The molecule has 0 radical (unpaired) electrons. The van der Waals surface area contributed by atoms with Crippen molar-refractivity contribution in [3.05, 3.63) is 23.1 Å². The van der Waals surface area contributed by atoms with Gasteiger partial charge in [-0.25, -0.2) is 0 Å². The van der Waals surface area contributed by atoms with Gasteiger partial charge in [0.15, 0.2) is 11.0 Å². The van der Waals surface area contributed by atoms with Crippen molar-refractivity contribution < 1.29 is 9.21 Å². The SMILES string of the molecule is NC(=S)CCN(C(=O)c1ccc(Cl)o1)C1CC1. The Morgan fingerprint density at radius 2 is 2.29 bits per heavy atom. The molecule has 1 heterocycles. The Balaban J connectivity index is 2.05. The highest BCUT2D eigenvalue weighted by atomic mass is 35.5. The normalized spacial score (nSPS) is 14.6. The zero-order chi connectivity index (χ0) is 12.4. The lowest BCUT2D eigenvalue weighted by atomic mass is 10.3. The fourth-order valence-electron chi connectivity index (χ4n) is 1.64. The molecule has 4 nitrogen and oxygen atoms in total. The number of rotatable bonds is 5. The minimum atomic E-state index is -0.143. The number of carbonyl (C=O) groups is 1. The number of thiocarbonyl (C=S) groups is 1. The van der Waals surface area contributed by atoms with Crippen molar-refractivity contribution in [2.75, 3.05) is 6.54 Å². The monoisotopic (exact) mass is 272 g/mol. The molecule has 2 rings (SSSR count). The van der Waals surface area contributed by atoms with Crippen LogP contribution in [0.1, 0.15) is 29.8 Å². The van der Waals surface area contributed by atoms with E-state index in [1.165, 1.54) is 0 Å². The lowest BCUT2D eigenvalue weighted by molar-refractivity contribution is 0.0716. The third kappa shape index (κ3) is 3.20. The second-order valence-electron chi connectivity index (χ2n) is 4.05. The highest BCUT2D eigenvalue weighted by Gasteiger charge is 2.33. The second kappa shape index (κ2) is 5.06. The fraction of sp³-hybridized carbons (Fsp3) is 0.455. The van der Waals surface area contributed by atoms with Crippen molar-refractivity contribution in [1.29, 1.82) is 0 Å². The van der Waals surface area contributed by atoms with E-state index in [1.54, 1.807) is 17.0 Å². The quantitative estimate of drug-likeness (QED) is 0.835. The van der Waals surface area contributed by atoms with E-state index in [0.717, 1.165) is 12.8 Å². The third-order valence-corrected chi connectivity index (χ3v) is 3.04. The molecule has 0 aromatic carbocycles. The van der Waals surface area contributed by atoms with Crippen LogP contribution in [0, 0.1) is 0 Å². The molecule has 1 amide bonds. The Kier molecular flexibility index (Phi) is 3.69. The van der Waals surface area contributed by atoms with E-state index in [9.17, 15) is 4.79 Å². The molecule has 1 aliphatic carbocycles. The largest absolute Gasteiger partial charge is 0.440 e. The number of nitrogens with two attached hydrogens (primary N) is 1. The summed E-state index contributed by atoms with van der Waals surface area (Å²) >= 11 is 10.5. The van der Waals surface area contributed by atoms with Crippen LogP contribution >= 0.6 is 23.8 Å². The van der Waals surface area contributed by atoms with Crippen molar-refractivity contribution in [1.82, 2.24) is 4.90 Å². The van der Waals surface area contributed by atoms with Gasteiger partial charge in [0.25, 0.3) is 5.91 Å². The van der Waals surface area contributed by atoms with E-state index in [0.29, 0.717) is 24.0 Å². The van der Waals surface area contributed by atoms with Gasteiger partial charge in [-0.3, -0.25) is 4.79 Å². The number of hydrogen-bond acceptors (Lipinski definition) is 3. The number of nitrogens with zero attached hydrogens (tertiary/aromatic N) is 1. The first-order chi connectivity index (χ1) is 8.08. The van der Waals surface area contributed by atoms with Crippen LogP contribution in [0.4, 0.5) is 0 Å². The molecule has 92 valence electrons. The molecule has 1 aliphatic rings. The average molecular weight is 273 g/mol.